The maximum absolute atomic E-state index is 14.5. The van der Waals surface area contributed by atoms with Gasteiger partial charge in [0.05, 0.1) is 7.11 Å². The molecule has 0 aliphatic carbocycles. The van der Waals surface area contributed by atoms with Gasteiger partial charge < -0.3 is 51.0 Å². The van der Waals surface area contributed by atoms with Crippen LogP contribution < -0.4 is 31.9 Å². The molecule has 1 aliphatic heterocycles. The molecule has 69 heavy (non-hydrogen) atoms. The first kappa shape index (κ1) is 56.9. The number of carbonyl (C=O) groups is 8. The molecule has 2 aromatic rings. The van der Waals surface area contributed by atoms with Gasteiger partial charge in [-0.3, -0.25) is 28.9 Å². The summed E-state index contributed by atoms with van der Waals surface area (Å²) < 4.78 is 15.8. The first-order valence-electron chi connectivity index (χ1n) is 23.8. The van der Waals surface area contributed by atoms with E-state index in [0.717, 1.165) is 11.1 Å². The third-order valence-electron chi connectivity index (χ3n) is 10.9. The number of methoxy groups -OCH3 is 1. The molecule has 3 rings (SSSR count). The van der Waals surface area contributed by atoms with Gasteiger partial charge in [0.2, 0.25) is 23.6 Å². The first-order chi connectivity index (χ1) is 32.5. The fourth-order valence-corrected chi connectivity index (χ4v) is 7.50. The van der Waals surface area contributed by atoms with Crippen LogP contribution in [0.4, 0.5) is 14.4 Å². The molecule has 0 aromatic heterocycles. The van der Waals surface area contributed by atoms with Gasteiger partial charge in [0.15, 0.2) is 0 Å². The highest BCUT2D eigenvalue weighted by Gasteiger charge is 2.35. The number of amides is 8. The number of piperidine rings is 1. The minimum Gasteiger partial charge on any atom is -0.468 e. The number of urea groups is 1. The van der Waals surface area contributed by atoms with Crippen LogP contribution in [0.1, 0.15) is 105 Å². The molecule has 0 spiro atoms. The van der Waals surface area contributed by atoms with E-state index in [1.807, 2.05) is 50.2 Å². The van der Waals surface area contributed by atoms with Crippen LogP contribution in [-0.4, -0.2) is 139 Å². The molecule has 0 unspecified atom stereocenters. The third-order valence-corrected chi connectivity index (χ3v) is 10.9. The quantitative estimate of drug-likeness (QED) is 0.0550. The Hall–Kier alpha value is -6.40. The lowest BCUT2D eigenvalue weighted by Gasteiger charge is -2.35. The highest BCUT2D eigenvalue weighted by Crippen LogP contribution is 2.17. The standard InChI is InChI=1S/C50H76N8O11/c1-33(2)29-38(54-43(61)39(30-34-19-13-11-14-20-34)55-44(62)40(31-35-21-15-12-16-22-35)56-47(65)68-49(3,4)5)42(60)53-37(45(63)57-27-24-36(25-28-57)52-46(64)51-9)23-17-18-26-58(32-41(59)67-10)48(66)69-50(6,7)8/h11-16,19-22,33,36-40H,17-18,23-32H2,1-10H3,(H,53,60)(H,54,61)(H,55,62)(H,56,65)(H2,51,52,64)/t37-,38-,39-,40-/m1/s1. The lowest BCUT2D eigenvalue weighted by atomic mass is 9.99. The van der Waals surface area contributed by atoms with Gasteiger partial charge in [0.1, 0.15) is 41.9 Å². The second kappa shape index (κ2) is 27.6. The van der Waals surface area contributed by atoms with Crippen LogP contribution >= 0.6 is 0 Å². The Morgan fingerprint density at radius 1 is 0.681 bits per heavy atom. The van der Waals surface area contributed by atoms with Crippen molar-refractivity contribution in [2.45, 2.75) is 148 Å². The van der Waals surface area contributed by atoms with Gasteiger partial charge in [-0.2, -0.15) is 0 Å². The molecule has 4 atom stereocenters. The summed E-state index contributed by atoms with van der Waals surface area (Å²) in [6.07, 6.45) is 0.562. The fraction of sp³-hybridized carbons (Fsp3) is 0.600. The van der Waals surface area contributed by atoms with E-state index in [-0.39, 0.29) is 62.7 Å². The number of unbranched alkanes of at least 4 members (excludes halogenated alkanes) is 1. The van der Waals surface area contributed by atoms with Crippen LogP contribution in [0.25, 0.3) is 0 Å². The van der Waals surface area contributed by atoms with Gasteiger partial charge in [-0.05, 0) is 97.1 Å². The second-order valence-electron chi connectivity index (χ2n) is 19.7. The molecule has 19 heteroatoms. The maximum Gasteiger partial charge on any atom is 0.410 e. The van der Waals surface area contributed by atoms with Crippen molar-refractivity contribution in [1.29, 1.82) is 0 Å². The predicted octanol–water partition coefficient (Wildman–Crippen LogP) is 4.37. The van der Waals surface area contributed by atoms with E-state index >= 15 is 0 Å². The van der Waals surface area contributed by atoms with Crippen molar-refractivity contribution in [3.8, 4) is 0 Å². The van der Waals surface area contributed by atoms with Gasteiger partial charge in [-0.15, -0.1) is 0 Å². The van der Waals surface area contributed by atoms with E-state index in [1.54, 1.807) is 70.7 Å². The number of nitrogens with one attached hydrogen (secondary N) is 6. The Morgan fingerprint density at radius 3 is 1.67 bits per heavy atom. The Balaban J connectivity index is 1.90. The third kappa shape index (κ3) is 21.6. The zero-order valence-corrected chi connectivity index (χ0v) is 42.1. The normalized spacial score (nSPS) is 14.7. The number of carbonyl (C=O) groups excluding carboxylic acids is 8. The Bertz CT molecular complexity index is 2000. The molecule has 1 saturated heterocycles. The molecule has 8 amide bonds. The summed E-state index contributed by atoms with van der Waals surface area (Å²) in [6, 6.07) is 13.1. The van der Waals surface area contributed by atoms with E-state index in [4.69, 9.17) is 14.2 Å². The van der Waals surface area contributed by atoms with Crippen LogP contribution in [0.5, 0.6) is 0 Å². The SMILES string of the molecule is CNC(=O)NC1CCN(C(=O)[C@@H](CCCCN(CC(=O)OC)C(=O)OC(C)(C)C)NC(=O)[C@@H](CC(C)C)NC(=O)[C@@H](Cc2ccccc2)NC(=O)[C@@H](Cc2ccccc2)NC(=O)OC(C)(C)C)CC1. The zero-order chi connectivity index (χ0) is 51.3. The Kier molecular flexibility index (Phi) is 22.7. The molecule has 1 fully saturated rings. The molecule has 2 aromatic carbocycles. The average molecular weight is 965 g/mol. The minimum absolute atomic E-state index is 0.0427. The van der Waals surface area contributed by atoms with Crippen molar-refractivity contribution >= 4 is 47.8 Å². The number of hydrogen-bond donors (Lipinski definition) is 6. The maximum atomic E-state index is 14.5. The van der Waals surface area contributed by atoms with Crippen molar-refractivity contribution in [3.05, 3.63) is 71.8 Å². The summed E-state index contributed by atoms with van der Waals surface area (Å²) >= 11 is 0. The lowest BCUT2D eigenvalue weighted by molar-refractivity contribution is -0.142. The summed E-state index contributed by atoms with van der Waals surface area (Å²) in [5, 5.41) is 16.7. The van der Waals surface area contributed by atoms with E-state index in [9.17, 15) is 38.4 Å². The van der Waals surface area contributed by atoms with E-state index < -0.39 is 71.2 Å². The number of benzene rings is 2. The van der Waals surface area contributed by atoms with Crippen LogP contribution in [0, 0.1) is 5.92 Å². The van der Waals surface area contributed by atoms with Crippen molar-refractivity contribution in [2.75, 3.05) is 40.3 Å². The lowest BCUT2D eigenvalue weighted by Crippen LogP contribution is -2.59. The van der Waals surface area contributed by atoms with Gasteiger partial charge >= 0.3 is 24.2 Å². The summed E-state index contributed by atoms with van der Waals surface area (Å²) in [7, 11) is 2.74. The molecule has 1 heterocycles. The topological polar surface area (TPSA) is 243 Å². The summed E-state index contributed by atoms with van der Waals surface area (Å²) in [5.74, 6) is -3.03. The molecule has 6 N–H and O–H groups in total. The van der Waals surface area contributed by atoms with E-state index in [2.05, 4.69) is 31.9 Å². The summed E-state index contributed by atoms with van der Waals surface area (Å²) in [6.45, 7) is 14.4. The molecule has 19 nitrogen and oxygen atoms in total. The highest BCUT2D eigenvalue weighted by molar-refractivity contribution is 5.95. The molecule has 0 radical (unpaired) electrons. The number of ether oxygens (including phenoxy) is 3. The number of likely N-dealkylation sites (tertiary alicyclic amines) is 1. The van der Waals surface area contributed by atoms with Gasteiger partial charge in [0.25, 0.3) is 0 Å². The summed E-state index contributed by atoms with van der Waals surface area (Å²) in [4.78, 5) is 111. The predicted molar refractivity (Wildman–Crippen MR) is 260 cm³/mol. The monoisotopic (exact) mass is 965 g/mol. The molecular weight excluding hydrogens is 889 g/mol. The average Bonchev–Trinajstić information content (AvgIpc) is 3.27. The van der Waals surface area contributed by atoms with E-state index in [1.165, 1.54) is 19.1 Å². The van der Waals surface area contributed by atoms with Crippen molar-refractivity contribution in [1.82, 2.24) is 41.7 Å². The van der Waals surface area contributed by atoms with Gasteiger partial charge in [-0.25, -0.2) is 14.4 Å². The first-order valence-corrected chi connectivity index (χ1v) is 23.8. The molecule has 0 saturated carbocycles. The van der Waals surface area contributed by atoms with Crippen LogP contribution in [0.2, 0.25) is 0 Å². The molecule has 1 aliphatic rings. The zero-order valence-electron chi connectivity index (χ0n) is 42.1. The number of hydrogen-bond acceptors (Lipinski definition) is 11. The van der Waals surface area contributed by atoms with Crippen molar-refractivity contribution < 1.29 is 52.6 Å². The number of nitrogens with zero attached hydrogens (tertiary/aromatic N) is 2. The molecule has 382 valence electrons. The highest BCUT2D eigenvalue weighted by atomic mass is 16.6. The van der Waals surface area contributed by atoms with Crippen LogP contribution in [0.15, 0.2) is 60.7 Å². The Labute approximate surface area is 407 Å². The van der Waals surface area contributed by atoms with Crippen LogP contribution in [-0.2, 0) is 51.0 Å². The smallest absolute Gasteiger partial charge is 0.410 e. The van der Waals surface area contributed by atoms with Gasteiger partial charge in [0, 0.05) is 45.6 Å². The second-order valence-corrected chi connectivity index (χ2v) is 19.7. The molecule has 0 bridgehead atoms. The summed E-state index contributed by atoms with van der Waals surface area (Å²) in [5.41, 5.74) is -0.198. The minimum atomic E-state index is -1.21. The Morgan fingerprint density at radius 2 is 1.17 bits per heavy atom. The van der Waals surface area contributed by atoms with Crippen LogP contribution in [0.3, 0.4) is 0 Å². The van der Waals surface area contributed by atoms with Gasteiger partial charge in [-0.1, -0.05) is 74.5 Å². The van der Waals surface area contributed by atoms with Crippen molar-refractivity contribution in [3.63, 3.8) is 0 Å². The van der Waals surface area contributed by atoms with E-state index in [0.29, 0.717) is 38.8 Å². The number of alkyl carbamates (subject to hydrolysis) is 1. The number of esters is 1. The fourth-order valence-electron chi connectivity index (χ4n) is 7.50. The largest absolute Gasteiger partial charge is 0.468 e. The molecular formula is C50H76N8O11. The number of rotatable bonds is 22. The van der Waals surface area contributed by atoms with Crippen molar-refractivity contribution in [2.24, 2.45) is 5.92 Å².